The highest BCUT2D eigenvalue weighted by atomic mass is 16.4. The summed E-state index contributed by atoms with van der Waals surface area (Å²) in [4.78, 5) is 10.8. The molecule has 0 saturated carbocycles. The molecule has 15 heavy (non-hydrogen) atoms. The second-order valence-corrected chi connectivity index (χ2v) is 3.23. The maximum absolute atomic E-state index is 10.8. The van der Waals surface area contributed by atoms with Crippen molar-refractivity contribution in [1.29, 1.82) is 0 Å². The summed E-state index contributed by atoms with van der Waals surface area (Å²) in [6, 6.07) is 8.65. The Labute approximate surface area is 86.8 Å². The minimum absolute atomic E-state index is 0.286. The van der Waals surface area contributed by atoms with E-state index >= 15 is 0 Å². The van der Waals surface area contributed by atoms with Gasteiger partial charge < -0.3 is 5.11 Å². The molecule has 2 rings (SSSR count). The Bertz CT molecular complexity index is 503. The van der Waals surface area contributed by atoms with Crippen LogP contribution in [0.25, 0.3) is 11.3 Å². The zero-order chi connectivity index (χ0) is 10.8. The molecule has 0 amide bonds. The average molecular weight is 202 g/mol. The van der Waals surface area contributed by atoms with Gasteiger partial charge >= 0.3 is 5.97 Å². The van der Waals surface area contributed by atoms with Gasteiger partial charge in [0.15, 0.2) is 0 Å². The molecule has 0 unspecified atom stereocenters. The van der Waals surface area contributed by atoms with Crippen LogP contribution in [0.1, 0.15) is 10.4 Å². The SMILES string of the molecule is Cn1nccc1-c1cccc(C(=O)O)c1. The van der Waals surface area contributed by atoms with Gasteiger partial charge in [0, 0.05) is 18.8 Å². The summed E-state index contributed by atoms with van der Waals surface area (Å²) in [6.45, 7) is 0. The fraction of sp³-hybridized carbons (Fsp3) is 0.0909. The van der Waals surface area contributed by atoms with Crippen molar-refractivity contribution in [3.05, 3.63) is 42.1 Å². The number of hydrogen-bond acceptors (Lipinski definition) is 2. The first-order chi connectivity index (χ1) is 7.18. The lowest BCUT2D eigenvalue weighted by atomic mass is 10.1. The fourth-order valence-electron chi connectivity index (χ4n) is 1.47. The molecule has 0 bridgehead atoms. The molecule has 0 aliphatic carbocycles. The molecule has 0 spiro atoms. The number of aryl methyl sites for hydroxylation is 1. The van der Waals surface area contributed by atoms with E-state index in [1.807, 2.05) is 19.2 Å². The van der Waals surface area contributed by atoms with Gasteiger partial charge in [0.2, 0.25) is 0 Å². The minimum Gasteiger partial charge on any atom is -0.478 e. The van der Waals surface area contributed by atoms with E-state index < -0.39 is 5.97 Å². The molecule has 1 N–H and O–H groups in total. The van der Waals surface area contributed by atoms with E-state index in [4.69, 9.17) is 5.11 Å². The molecule has 4 heteroatoms. The number of carboxylic acids is 1. The Morgan fingerprint density at radius 2 is 2.20 bits per heavy atom. The lowest BCUT2D eigenvalue weighted by molar-refractivity contribution is 0.0697. The zero-order valence-electron chi connectivity index (χ0n) is 8.21. The smallest absolute Gasteiger partial charge is 0.335 e. The Morgan fingerprint density at radius 1 is 1.40 bits per heavy atom. The number of rotatable bonds is 2. The molecular formula is C11H10N2O2. The minimum atomic E-state index is -0.918. The van der Waals surface area contributed by atoms with Gasteiger partial charge in [-0.3, -0.25) is 4.68 Å². The predicted molar refractivity (Wildman–Crippen MR) is 55.6 cm³/mol. The van der Waals surface area contributed by atoms with E-state index in [0.29, 0.717) is 0 Å². The van der Waals surface area contributed by atoms with Crippen LogP contribution in [0.15, 0.2) is 36.5 Å². The predicted octanol–water partition coefficient (Wildman–Crippen LogP) is 1.79. The van der Waals surface area contributed by atoms with Crippen LogP contribution in [0.4, 0.5) is 0 Å². The Morgan fingerprint density at radius 3 is 2.80 bits per heavy atom. The summed E-state index contributed by atoms with van der Waals surface area (Å²) in [5.41, 5.74) is 2.04. The lowest BCUT2D eigenvalue weighted by Crippen LogP contribution is -1.98. The average Bonchev–Trinajstić information content (AvgIpc) is 2.64. The highest BCUT2D eigenvalue weighted by Crippen LogP contribution is 2.19. The van der Waals surface area contributed by atoms with Crippen molar-refractivity contribution in [3.8, 4) is 11.3 Å². The number of aromatic carboxylic acids is 1. The van der Waals surface area contributed by atoms with Crippen LogP contribution in [0.2, 0.25) is 0 Å². The Balaban J connectivity index is 2.50. The van der Waals surface area contributed by atoms with Crippen molar-refractivity contribution in [2.45, 2.75) is 0 Å². The number of nitrogens with zero attached hydrogens (tertiary/aromatic N) is 2. The van der Waals surface area contributed by atoms with Crippen LogP contribution in [-0.2, 0) is 7.05 Å². The molecule has 0 aliphatic rings. The molecule has 0 saturated heterocycles. The van der Waals surface area contributed by atoms with E-state index in [0.717, 1.165) is 11.3 Å². The third-order valence-corrected chi connectivity index (χ3v) is 2.23. The summed E-state index contributed by atoms with van der Waals surface area (Å²) < 4.78 is 1.71. The molecule has 76 valence electrons. The van der Waals surface area contributed by atoms with Crippen molar-refractivity contribution in [1.82, 2.24) is 9.78 Å². The summed E-state index contributed by atoms with van der Waals surface area (Å²) in [5.74, 6) is -0.918. The number of carbonyl (C=O) groups is 1. The second-order valence-electron chi connectivity index (χ2n) is 3.23. The molecule has 0 aliphatic heterocycles. The van der Waals surface area contributed by atoms with E-state index in [-0.39, 0.29) is 5.56 Å². The first-order valence-corrected chi connectivity index (χ1v) is 4.50. The number of carboxylic acid groups (broad SMARTS) is 1. The van der Waals surface area contributed by atoms with Crippen LogP contribution in [0.5, 0.6) is 0 Å². The topological polar surface area (TPSA) is 55.1 Å². The van der Waals surface area contributed by atoms with E-state index in [1.54, 1.807) is 29.1 Å². The van der Waals surface area contributed by atoms with Gasteiger partial charge in [0.05, 0.1) is 11.3 Å². The number of hydrogen-bond donors (Lipinski definition) is 1. The summed E-state index contributed by atoms with van der Waals surface area (Å²) in [6.07, 6.45) is 1.68. The summed E-state index contributed by atoms with van der Waals surface area (Å²) >= 11 is 0. The molecule has 1 heterocycles. The van der Waals surface area contributed by atoms with Crippen molar-refractivity contribution >= 4 is 5.97 Å². The van der Waals surface area contributed by atoms with Crippen LogP contribution in [0.3, 0.4) is 0 Å². The van der Waals surface area contributed by atoms with Gasteiger partial charge in [-0.2, -0.15) is 5.10 Å². The molecule has 0 atom stereocenters. The van der Waals surface area contributed by atoms with Gasteiger partial charge in [-0.15, -0.1) is 0 Å². The first kappa shape index (κ1) is 9.45. The molecular weight excluding hydrogens is 192 g/mol. The molecule has 1 aromatic carbocycles. The van der Waals surface area contributed by atoms with Crippen molar-refractivity contribution < 1.29 is 9.90 Å². The Kier molecular flexibility index (Phi) is 2.25. The quantitative estimate of drug-likeness (QED) is 0.807. The van der Waals surface area contributed by atoms with Crippen LogP contribution < -0.4 is 0 Å². The van der Waals surface area contributed by atoms with Crippen LogP contribution in [-0.4, -0.2) is 20.9 Å². The van der Waals surface area contributed by atoms with Crippen molar-refractivity contribution in [2.24, 2.45) is 7.05 Å². The molecule has 0 fully saturated rings. The maximum atomic E-state index is 10.8. The Hall–Kier alpha value is -2.10. The van der Waals surface area contributed by atoms with Gasteiger partial charge in [-0.1, -0.05) is 12.1 Å². The van der Waals surface area contributed by atoms with Crippen LogP contribution >= 0.6 is 0 Å². The normalized spacial score (nSPS) is 10.2. The lowest BCUT2D eigenvalue weighted by Gasteiger charge is -2.02. The highest BCUT2D eigenvalue weighted by molar-refractivity contribution is 5.89. The fourth-order valence-corrected chi connectivity index (χ4v) is 1.47. The third kappa shape index (κ3) is 1.74. The van der Waals surface area contributed by atoms with Crippen molar-refractivity contribution in [2.75, 3.05) is 0 Å². The molecule has 2 aromatic rings. The van der Waals surface area contributed by atoms with E-state index in [2.05, 4.69) is 5.10 Å². The summed E-state index contributed by atoms with van der Waals surface area (Å²) in [7, 11) is 1.82. The van der Waals surface area contributed by atoms with E-state index in [1.165, 1.54) is 0 Å². The number of aromatic nitrogens is 2. The third-order valence-electron chi connectivity index (χ3n) is 2.23. The summed E-state index contributed by atoms with van der Waals surface area (Å²) in [5, 5.41) is 12.9. The monoisotopic (exact) mass is 202 g/mol. The maximum Gasteiger partial charge on any atom is 0.335 e. The largest absolute Gasteiger partial charge is 0.478 e. The van der Waals surface area contributed by atoms with Gasteiger partial charge in [-0.25, -0.2) is 4.79 Å². The van der Waals surface area contributed by atoms with Crippen LogP contribution in [0, 0.1) is 0 Å². The molecule has 1 aromatic heterocycles. The molecule has 4 nitrogen and oxygen atoms in total. The molecule has 0 radical (unpaired) electrons. The van der Waals surface area contributed by atoms with Crippen molar-refractivity contribution in [3.63, 3.8) is 0 Å². The first-order valence-electron chi connectivity index (χ1n) is 4.50. The van der Waals surface area contributed by atoms with Gasteiger partial charge in [-0.05, 0) is 18.2 Å². The highest BCUT2D eigenvalue weighted by Gasteiger charge is 2.06. The number of benzene rings is 1. The van der Waals surface area contributed by atoms with Gasteiger partial charge in [0.1, 0.15) is 0 Å². The van der Waals surface area contributed by atoms with E-state index in [9.17, 15) is 4.79 Å². The second kappa shape index (κ2) is 3.57. The van der Waals surface area contributed by atoms with Gasteiger partial charge in [0.25, 0.3) is 0 Å². The zero-order valence-corrected chi connectivity index (χ0v) is 8.21. The standard InChI is InChI=1S/C11H10N2O2/c1-13-10(5-6-12-13)8-3-2-4-9(7-8)11(14)15/h2-7H,1H3,(H,14,15).